The summed E-state index contributed by atoms with van der Waals surface area (Å²) in [5, 5.41) is 6.65. The fourth-order valence-corrected chi connectivity index (χ4v) is 2.60. The van der Waals surface area contributed by atoms with E-state index in [4.69, 9.17) is 10.3 Å². The van der Waals surface area contributed by atoms with Gasteiger partial charge in [0.25, 0.3) is 5.91 Å². The number of carbonyl (C=O) groups is 1. The Bertz CT molecular complexity index is 666. The van der Waals surface area contributed by atoms with Crippen molar-refractivity contribution in [1.29, 1.82) is 0 Å². The Kier molecular flexibility index (Phi) is 3.77. The number of nitrogens with zero attached hydrogens (tertiary/aromatic N) is 2. The maximum atomic E-state index is 12.0. The van der Waals surface area contributed by atoms with Crippen LogP contribution >= 0.6 is 15.9 Å². The minimum absolute atomic E-state index is 0.189. The molecule has 1 aromatic heterocycles. The lowest BCUT2D eigenvalue weighted by atomic mass is 9.77. The van der Waals surface area contributed by atoms with E-state index >= 15 is 0 Å². The predicted molar refractivity (Wildman–Crippen MR) is 79.3 cm³/mol. The van der Waals surface area contributed by atoms with Gasteiger partial charge in [-0.3, -0.25) is 4.79 Å². The van der Waals surface area contributed by atoms with Crippen molar-refractivity contribution in [2.75, 3.05) is 0 Å². The molecule has 1 fully saturated rings. The minimum atomic E-state index is -0.448. The van der Waals surface area contributed by atoms with Crippen molar-refractivity contribution >= 4 is 21.8 Å². The molecule has 0 aliphatic heterocycles. The molecular weight excluding hydrogens is 336 g/mol. The van der Waals surface area contributed by atoms with Crippen LogP contribution in [-0.4, -0.2) is 16.0 Å². The van der Waals surface area contributed by atoms with Gasteiger partial charge < -0.3 is 15.6 Å². The van der Waals surface area contributed by atoms with E-state index in [1.807, 2.05) is 6.07 Å². The van der Waals surface area contributed by atoms with Gasteiger partial charge in [0, 0.05) is 10.0 Å². The van der Waals surface area contributed by atoms with E-state index in [-0.39, 0.29) is 12.5 Å². The van der Waals surface area contributed by atoms with Crippen LogP contribution in [0.15, 0.2) is 33.3 Å². The maximum absolute atomic E-state index is 12.0. The Morgan fingerprint density at radius 1 is 1.48 bits per heavy atom. The number of carbonyl (C=O) groups excluding carboxylic acids is 1. The molecule has 6 nitrogen and oxygen atoms in total. The molecule has 0 spiro atoms. The second kappa shape index (κ2) is 5.57. The lowest BCUT2D eigenvalue weighted by molar-refractivity contribution is 0.0946. The molecular formula is C14H15BrN4O2. The summed E-state index contributed by atoms with van der Waals surface area (Å²) in [7, 11) is 0. The van der Waals surface area contributed by atoms with Crippen molar-refractivity contribution in [2.24, 2.45) is 5.73 Å². The largest absolute Gasteiger partial charge is 0.343 e. The quantitative estimate of drug-likeness (QED) is 0.880. The van der Waals surface area contributed by atoms with Crippen molar-refractivity contribution in [3.63, 3.8) is 0 Å². The molecule has 1 aromatic carbocycles. The number of hydrogen-bond donors (Lipinski definition) is 2. The van der Waals surface area contributed by atoms with Crippen LogP contribution in [0.1, 0.15) is 41.3 Å². The number of nitrogens with two attached hydrogens (primary N) is 1. The van der Waals surface area contributed by atoms with Gasteiger partial charge in [-0.05, 0) is 37.5 Å². The molecule has 3 N–H and O–H groups in total. The molecule has 3 rings (SSSR count). The lowest BCUT2D eigenvalue weighted by Crippen LogP contribution is -2.44. The monoisotopic (exact) mass is 350 g/mol. The average molecular weight is 351 g/mol. The maximum Gasteiger partial charge on any atom is 0.251 e. The van der Waals surface area contributed by atoms with Gasteiger partial charge in [0.2, 0.25) is 5.89 Å². The first-order chi connectivity index (χ1) is 10.1. The molecule has 1 aliphatic rings. The van der Waals surface area contributed by atoms with E-state index in [0.29, 0.717) is 17.3 Å². The third-order valence-corrected chi connectivity index (χ3v) is 4.14. The van der Waals surface area contributed by atoms with Crippen LogP contribution in [0, 0.1) is 0 Å². The fourth-order valence-electron chi connectivity index (χ4n) is 2.20. The van der Waals surface area contributed by atoms with Gasteiger partial charge >= 0.3 is 0 Å². The summed E-state index contributed by atoms with van der Waals surface area (Å²) in [6, 6.07) is 7.15. The lowest BCUT2D eigenvalue weighted by Gasteiger charge is -2.34. The third-order valence-electron chi connectivity index (χ3n) is 3.65. The summed E-state index contributed by atoms with van der Waals surface area (Å²) in [5.74, 6) is 0.702. The zero-order valence-corrected chi connectivity index (χ0v) is 12.9. The zero-order chi connectivity index (χ0) is 14.9. The summed E-state index contributed by atoms with van der Waals surface area (Å²) in [4.78, 5) is 16.3. The van der Waals surface area contributed by atoms with Gasteiger partial charge in [-0.15, -0.1) is 0 Å². The van der Waals surface area contributed by atoms with Crippen molar-refractivity contribution in [3.05, 3.63) is 46.0 Å². The third kappa shape index (κ3) is 2.98. The van der Waals surface area contributed by atoms with Crippen LogP contribution in [-0.2, 0) is 12.1 Å². The number of hydrogen-bond acceptors (Lipinski definition) is 5. The number of nitrogens with one attached hydrogen (secondary N) is 1. The van der Waals surface area contributed by atoms with Crippen molar-refractivity contribution in [2.45, 2.75) is 31.3 Å². The molecule has 2 aromatic rings. The Morgan fingerprint density at radius 3 is 2.95 bits per heavy atom. The number of aromatic nitrogens is 2. The SMILES string of the molecule is NC1(c2noc(CNC(=O)c3cccc(Br)c3)n2)CCC1. The second-order valence-electron chi connectivity index (χ2n) is 5.21. The highest BCUT2D eigenvalue weighted by Gasteiger charge is 2.38. The molecule has 0 unspecified atom stereocenters. The molecule has 21 heavy (non-hydrogen) atoms. The van der Waals surface area contributed by atoms with Crippen molar-refractivity contribution < 1.29 is 9.32 Å². The van der Waals surface area contributed by atoms with E-state index in [9.17, 15) is 4.79 Å². The summed E-state index contributed by atoms with van der Waals surface area (Å²) in [6.45, 7) is 0.189. The van der Waals surface area contributed by atoms with Crippen LogP contribution in [0.4, 0.5) is 0 Å². The summed E-state index contributed by atoms with van der Waals surface area (Å²) in [6.07, 6.45) is 2.83. The summed E-state index contributed by atoms with van der Waals surface area (Å²) < 4.78 is 5.98. The van der Waals surface area contributed by atoms with E-state index in [1.54, 1.807) is 18.2 Å². The zero-order valence-electron chi connectivity index (χ0n) is 11.3. The Balaban J connectivity index is 1.61. The normalized spacial score (nSPS) is 16.3. The molecule has 1 saturated carbocycles. The van der Waals surface area contributed by atoms with Crippen LogP contribution in [0.25, 0.3) is 0 Å². The van der Waals surface area contributed by atoms with Crippen LogP contribution in [0.2, 0.25) is 0 Å². The minimum Gasteiger partial charge on any atom is -0.343 e. The van der Waals surface area contributed by atoms with Gasteiger partial charge in [0.1, 0.15) is 0 Å². The average Bonchev–Trinajstić information content (AvgIpc) is 2.91. The molecule has 0 saturated heterocycles. The van der Waals surface area contributed by atoms with E-state index in [2.05, 4.69) is 31.4 Å². The van der Waals surface area contributed by atoms with Crippen LogP contribution in [0.5, 0.6) is 0 Å². The summed E-state index contributed by atoms with van der Waals surface area (Å²) >= 11 is 3.33. The van der Waals surface area contributed by atoms with Crippen LogP contribution < -0.4 is 11.1 Å². The number of rotatable bonds is 4. The Morgan fingerprint density at radius 2 is 2.29 bits per heavy atom. The first-order valence-electron chi connectivity index (χ1n) is 6.72. The van der Waals surface area contributed by atoms with E-state index < -0.39 is 5.54 Å². The molecule has 0 atom stereocenters. The van der Waals surface area contributed by atoms with Crippen molar-refractivity contribution in [3.8, 4) is 0 Å². The number of benzene rings is 1. The molecule has 110 valence electrons. The fraction of sp³-hybridized carbons (Fsp3) is 0.357. The van der Waals surface area contributed by atoms with Gasteiger partial charge in [0.05, 0.1) is 12.1 Å². The first kappa shape index (κ1) is 14.2. The topological polar surface area (TPSA) is 94.0 Å². The van der Waals surface area contributed by atoms with Gasteiger partial charge in [0.15, 0.2) is 5.82 Å². The van der Waals surface area contributed by atoms with Crippen molar-refractivity contribution in [1.82, 2.24) is 15.5 Å². The second-order valence-corrected chi connectivity index (χ2v) is 6.13. The molecule has 1 amide bonds. The van der Waals surface area contributed by atoms with Gasteiger partial charge in [-0.1, -0.05) is 27.2 Å². The molecule has 0 radical (unpaired) electrons. The highest BCUT2D eigenvalue weighted by Crippen LogP contribution is 2.36. The Hall–Kier alpha value is -1.73. The molecule has 7 heteroatoms. The standard InChI is InChI=1S/C14H15BrN4O2/c15-10-4-1-3-9(7-10)12(20)17-8-11-18-13(19-21-11)14(16)5-2-6-14/h1,3-4,7H,2,5-6,8,16H2,(H,17,20). The summed E-state index contributed by atoms with van der Waals surface area (Å²) in [5.41, 5.74) is 6.24. The highest BCUT2D eigenvalue weighted by molar-refractivity contribution is 9.10. The predicted octanol–water partition coefficient (Wildman–Crippen LogP) is 2.10. The van der Waals surface area contributed by atoms with E-state index in [0.717, 1.165) is 23.7 Å². The van der Waals surface area contributed by atoms with Crippen LogP contribution in [0.3, 0.4) is 0 Å². The van der Waals surface area contributed by atoms with Gasteiger partial charge in [-0.25, -0.2) is 0 Å². The number of halogens is 1. The molecule has 1 heterocycles. The van der Waals surface area contributed by atoms with E-state index in [1.165, 1.54) is 0 Å². The highest BCUT2D eigenvalue weighted by atomic mass is 79.9. The number of amides is 1. The van der Waals surface area contributed by atoms with Gasteiger partial charge in [-0.2, -0.15) is 4.98 Å². The molecule has 0 bridgehead atoms. The smallest absolute Gasteiger partial charge is 0.251 e. The Labute approximate surface area is 130 Å². The first-order valence-corrected chi connectivity index (χ1v) is 7.52. The molecule has 1 aliphatic carbocycles.